The molecule has 0 saturated carbocycles. The summed E-state index contributed by atoms with van der Waals surface area (Å²) in [4.78, 5) is -0.0397. The fourth-order valence-electron chi connectivity index (χ4n) is 2.29. The molecule has 0 aliphatic heterocycles. The third-order valence-electron chi connectivity index (χ3n) is 3.33. The van der Waals surface area contributed by atoms with Crippen molar-refractivity contribution in [3.8, 4) is 0 Å². The van der Waals surface area contributed by atoms with Crippen molar-refractivity contribution in [1.82, 2.24) is 9.78 Å². The molecule has 2 aromatic rings. The first-order valence-electron chi connectivity index (χ1n) is 6.94. The van der Waals surface area contributed by atoms with Crippen LogP contribution in [0, 0.1) is 6.92 Å². The van der Waals surface area contributed by atoms with Gasteiger partial charge in [0.2, 0.25) is 9.84 Å². The van der Waals surface area contributed by atoms with Crippen LogP contribution in [0.15, 0.2) is 28.1 Å². The maximum absolute atomic E-state index is 13.1. The molecule has 1 aromatic carbocycles. The molecule has 0 spiro atoms. The molecule has 1 aromatic heterocycles. The van der Waals surface area contributed by atoms with Gasteiger partial charge in [0.1, 0.15) is 0 Å². The highest BCUT2D eigenvalue weighted by Crippen LogP contribution is 2.32. The van der Waals surface area contributed by atoms with E-state index in [2.05, 4.69) is 12.0 Å². The Labute approximate surface area is 145 Å². The second-order valence-corrected chi connectivity index (χ2v) is 8.02. The largest absolute Gasteiger partial charge is 0.392 e. The number of benzene rings is 1. The molecule has 125 valence electrons. The maximum Gasteiger partial charge on any atom is 0.224 e. The van der Waals surface area contributed by atoms with Crippen molar-refractivity contribution in [2.24, 2.45) is 0 Å². The molecule has 5 nitrogen and oxygen atoms in total. The SMILES string of the molecule is [CH2]Cc1nn(C(C)C)c(S(=O)(=O)c2cc(Cl)cc(Cl)c2)c1CO. The summed E-state index contributed by atoms with van der Waals surface area (Å²) in [6.45, 7) is 6.91. The Kier molecular flexibility index (Phi) is 5.41. The second-order valence-electron chi connectivity index (χ2n) is 5.29. The van der Waals surface area contributed by atoms with E-state index in [0.29, 0.717) is 5.69 Å². The third kappa shape index (κ3) is 3.40. The zero-order valence-electron chi connectivity index (χ0n) is 12.8. The summed E-state index contributed by atoms with van der Waals surface area (Å²) in [5.41, 5.74) is 0.706. The minimum atomic E-state index is -3.95. The van der Waals surface area contributed by atoms with Crippen LogP contribution in [0.3, 0.4) is 0 Å². The normalized spacial score (nSPS) is 12.1. The van der Waals surface area contributed by atoms with Gasteiger partial charge in [0.25, 0.3) is 0 Å². The predicted octanol–water partition coefficient (Wildman–Crippen LogP) is 3.47. The van der Waals surface area contributed by atoms with Crippen LogP contribution in [0.5, 0.6) is 0 Å². The molecule has 0 saturated heterocycles. The van der Waals surface area contributed by atoms with Crippen molar-refractivity contribution in [3.05, 3.63) is 46.4 Å². The first-order valence-corrected chi connectivity index (χ1v) is 9.17. The van der Waals surface area contributed by atoms with Crippen LogP contribution in [0.2, 0.25) is 10.0 Å². The Balaban J connectivity index is 2.79. The minimum absolute atomic E-state index is 0.0397. The van der Waals surface area contributed by atoms with Gasteiger partial charge in [0, 0.05) is 21.7 Å². The lowest BCUT2D eigenvalue weighted by Crippen LogP contribution is -2.15. The van der Waals surface area contributed by atoms with Crippen LogP contribution in [0.25, 0.3) is 0 Å². The molecular weight excluding hydrogens is 359 g/mol. The van der Waals surface area contributed by atoms with Gasteiger partial charge in [-0.2, -0.15) is 5.10 Å². The van der Waals surface area contributed by atoms with Gasteiger partial charge in [0.15, 0.2) is 5.03 Å². The molecule has 0 fully saturated rings. The van der Waals surface area contributed by atoms with Crippen LogP contribution in [-0.4, -0.2) is 23.3 Å². The van der Waals surface area contributed by atoms with Crippen LogP contribution in [0.4, 0.5) is 0 Å². The molecule has 0 aliphatic carbocycles. The Hall–Kier alpha value is -1.08. The van der Waals surface area contributed by atoms with Gasteiger partial charge >= 0.3 is 0 Å². The fourth-order valence-corrected chi connectivity index (χ4v) is 4.74. The van der Waals surface area contributed by atoms with Gasteiger partial charge in [-0.05, 0) is 45.4 Å². The molecule has 1 radical (unpaired) electrons. The van der Waals surface area contributed by atoms with Crippen LogP contribution < -0.4 is 0 Å². The molecule has 0 unspecified atom stereocenters. The van der Waals surface area contributed by atoms with Crippen LogP contribution >= 0.6 is 23.2 Å². The Morgan fingerprint density at radius 1 is 1.26 bits per heavy atom. The number of rotatable bonds is 5. The fraction of sp³-hybridized carbons (Fsp3) is 0.333. The molecule has 0 bridgehead atoms. The zero-order valence-corrected chi connectivity index (χ0v) is 15.1. The summed E-state index contributed by atoms with van der Waals surface area (Å²) in [5.74, 6) is 0. The van der Waals surface area contributed by atoms with Crippen LogP contribution in [-0.2, 0) is 22.9 Å². The number of nitrogens with zero attached hydrogens (tertiary/aromatic N) is 2. The van der Waals surface area contributed by atoms with E-state index in [0.717, 1.165) is 0 Å². The average Bonchev–Trinajstić information content (AvgIpc) is 2.85. The maximum atomic E-state index is 13.1. The van der Waals surface area contributed by atoms with E-state index < -0.39 is 16.4 Å². The van der Waals surface area contributed by atoms with Crippen molar-refractivity contribution in [1.29, 1.82) is 0 Å². The summed E-state index contributed by atoms with van der Waals surface area (Å²) >= 11 is 11.8. The lowest BCUT2D eigenvalue weighted by Gasteiger charge is -2.13. The first-order chi connectivity index (χ1) is 10.7. The van der Waals surface area contributed by atoms with Crippen molar-refractivity contribution >= 4 is 33.0 Å². The molecule has 23 heavy (non-hydrogen) atoms. The molecular formula is C15H17Cl2N2O3S. The predicted molar refractivity (Wildman–Crippen MR) is 89.5 cm³/mol. The van der Waals surface area contributed by atoms with Crippen molar-refractivity contribution in [3.63, 3.8) is 0 Å². The molecule has 2 rings (SSSR count). The smallest absolute Gasteiger partial charge is 0.224 e. The van der Waals surface area contributed by atoms with Crippen molar-refractivity contribution < 1.29 is 13.5 Å². The number of aliphatic hydroxyl groups excluding tert-OH is 1. The lowest BCUT2D eigenvalue weighted by molar-refractivity contribution is 0.276. The van der Waals surface area contributed by atoms with E-state index in [4.69, 9.17) is 23.2 Å². The Morgan fingerprint density at radius 3 is 2.26 bits per heavy atom. The lowest BCUT2D eigenvalue weighted by atomic mass is 10.2. The van der Waals surface area contributed by atoms with Crippen molar-refractivity contribution in [2.45, 2.75) is 42.8 Å². The van der Waals surface area contributed by atoms with E-state index in [9.17, 15) is 13.5 Å². The van der Waals surface area contributed by atoms with Gasteiger partial charge in [-0.15, -0.1) is 0 Å². The molecule has 1 heterocycles. The Bertz CT molecular complexity index is 809. The van der Waals surface area contributed by atoms with E-state index in [1.54, 1.807) is 0 Å². The van der Waals surface area contributed by atoms with Crippen LogP contribution in [0.1, 0.15) is 31.1 Å². The quantitative estimate of drug-likeness (QED) is 0.867. The summed E-state index contributed by atoms with van der Waals surface area (Å²) in [6.07, 6.45) is 0.272. The summed E-state index contributed by atoms with van der Waals surface area (Å²) in [6, 6.07) is 3.90. The van der Waals surface area contributed by atoms with Gasteiger partial charge in [-0.3, -0.25) is 4.68 Å². The summed E-state index contributed by atoms with van der Waals surface area (Å²) < 4.78 is 27.5. The van der Waals surface area contributed by atoms with E-state index in [1.165, 1.54) is 22.9 Å². The van der Waals surface area contributed by atoms with Crippen molar-refractivity contribution in [2.75, 3.05) is 0 Å². The first kappa shape index (κ1) is 18.3. The number of sulfone groups is 1. The van der Waals surface area contributed by atoms with Gasteiger partial charge in [-0.25, -0.2) is 8.42 Å². The minimum Gasteiger partial charge on any atom is -0.392 e. The van der Waals surface area contributed by atoms with E-state index in [-0.39, 0.29) is 38.0 Å². The van der Waals surface area contributed by atoms with Gasteiger partial charge in [-0.1, -0.05) is 23.2 Å². The topological polar surface area (TPSA) is 72.2 Å². The second kappa shape index (κ2) is 6.81. The number of aromatic nitrogens is 2. The van der Waals surface area contributed by atoms with E-state index in [1.807, 2.05) is 13.8 Å². The number of hydrogen-bond donors (Lipinski definition) is 1. The molecule has 1 N–H and O–H groups in total. The Morgan fingerprint density at radius 2 is 1.83 bits per heavy atom. The highest BCUT2D eigenvalue weighted by Gasteiger charge is 2.30. The summed E-state index contributed by atoms with van der Waals surface area (Å²) in [7, 11) is -3.95. The zero-order chi connectivity index (χ0) is 17.4. The highest BCUT2D eigenvalue weighted by molar-refractivity contribution is 7.91. The average molecular weight is 376 g/mol. The number of halogens is 2. The standard InChI is InChI=1S/C15H17Cl2N2O3S/c1-4-14-13(8-20)15(19(18-14)9(2)3)23(21,22)12-6-10(16)5-11(17)7-12/h5-7,9,20H,1,4,8H2,2-3H3. The number of hydrogen-bond acceptors (Lipinski definition) is 4. The number of aliphatic hydroxyl groups is 1. The van der Waals surface area contributed by atoms with E-state index >= 15 is 0 Å². The molecule has 0 aliphatic rings. The van der Waals surface area contributed by atoms with Gasteiger partial charge in [0.05, 0.1) is 17.2 Å². The molecule has 0 atom stereocenters. The third-order valence-corrected chi connectivity index (χ3v) is 5.56. The summed E-state index contributed by atoms with van der Waals surface area (Å²) in [5, 5.41) is 14.3. The monoisotopic (exact) mass is 375 g/mol. The van der Waals surface area contributed by atoms with Gasteiger partial charge < -0.3 is 5.11 Å². The highest BCUT2D eigenvalue weighted by atomic mass is 35.5. The molecule has 8 heteroatoms. The molecule has 0 amide bonds.